The van der Waals surface area contributed by atoms with E-state index in [1.54, 1.807) is 36.4 Å². The number of benzene rings is 2. The van der Waals surface area contributed by atoms with Crippen molar-refractivity contribution in [2.24, 2.45) is 0 Å². The highest BCUT2D eigenvalue weighted by Gasteiger charge is 2.52. The van der Waals surface area contributed by atoms with Crippen LogP contribution in [0.1, 0.15) is 18.4 Å². The van der Waals surface area contributed by atoms with Gasteiger partial charge in [-0.2, -0.15) is 0 Å². The molecule has 0 radical (unpaired) electrons. The van der Waals surface area contributed by atoms with Gasteiger partial charge in [-0.1, -0.05) is 18.2 Å². The lowest BCUT2D eigenvalue weighted by Crippen LogP contribution is -2.39. The van der Waals surface area contributed by atoms with Crippen LogP contribution in [-0.2, 0) is 15.0 Å². The standard InChI is InChI=1S/C19H17FN2O4/c20-14-4-2-1-3-13(14)19(7-8-19)18(24)21-10-17(23)22-12-5-6-15-16(9-12)26-11-25-15/h1-6,9H,7-8,10-11H2,(H,21,24)(H,22,23). The third-order valence-corrected chi connectivity index (χ3v) is 4.64. The van der Waals surface area contributed by atoms with Crippen LogP contribution in [0.2, 0.25) is 0 Å². The monoisotopic (exact) mass is 356 g/mol. The van der Waals surface area contributed by atoms with E-state index >= 15 is 0 Å². The molecule has 1 saturated carbocycles. The average molecular weight is 356 g/mol. The quantitative estimate of drug-likeness (QED) is 0.862. The fourth-order valence-corrected chi connectivity index (χ4v) is 3.10. The number of ether oxygens (including phenoxy) is 2. The van der Waals surface area contributed by atoms with Gasteiger partial charge in [0.1, 0.15) is 5.82 Å². The van der Waals surface area contributed by atoms with Crippen molar-refractivity contribution in [3.8, 4) is 11.5 Å². The van der Waals surface area contributed by atoms with Crippen molar-refractivity contribution in [1.29, 1.82) is 0 Å². The van der Waals surface area contributed by atoms with E-state index < -0.39 is 11.2 Å². The Bertz CT molecular complexity index is 880. The number of halogens is 1. The fourth-order valence-electron chi connectivity index (χ4n) is 3.10. The van der Waals surface area contributed by atoms with Gasteiger partial charge in [0.05, 0.1) is 12.0 Å². The van der Waals surface area contributed by atoms with E-state index in [2.05, 4.69) is 10.6 Å². The summed E-state index contributed by atoms with van der Waals surface area (Å²) in [5.74, 6) is 0.0788. The van der Waals surface area contributed by atoms with Crippen LogP contribution >= 0.6 is 0 Å². The number of amides is 2. The van der Waals surface area contributed by atoms with E-state index in [1.165, 1.54) is 6.07 Å². The number of carbonyl (C=O) groups is 2. The maximum Gasteiger partial charge on any atom is 0.243 e. The van der Waals surface area contributed by atoms with Crippen LogP contribution in [0.3, 0.4) is 0 Å². The molecule has 2 amide bonds. The van der Waals surface area contributed by atoms with Gasteiger partial charge in [-0.05, 0) is 31.0 Å². The highest BCUT2D eigenvalue weighted by molar-refractivity contribution is 5.98. The molecule has 26 heavy (non-hydrogen) atoms. The van der Waals surface area contributed by atoms with E-state index in [0.29, 0.717) is 35.6 Å². The Labute approximate surface area is 149 Å². The Morgan fingerprint density at radius 1 is 1.08 bits per heavy atom. The molecule has 1 heterocycles. The molecule has 0 aromatic heterocycles. The lowest BCUT2D eigenvalue weighted by molar-refractivity contribution is -0.126. The first-order chi connectivity index (χ1) is 12.6. The molecule has 7 heteroatoms. The molecular formula is C19H17FN2O4. The number of anilines is 1. The molecule has 2 N–H and O–H groups in total. The van der Waals surface area contributed by atoms with Crippen molar-refractivity contribution in [2.45, 2.75) is 18.3 Å². The maximum absolute atomic E-state index is 14.0. The number of rotatable bonds is 5. The second-order valence-electron chi connectivity index (χ2n) is 6.36. The number of nitrogens with one attached hydrogen (secondary N) is 2. The van der Waals surface area contributed by atoms with Crippen LogP contribution in [0.4, 0.5) is 10.1 Å². The molecule has 1 aliphatic carbocycles. The second kappa shape index (κ2) is 6.33. The molecule has 0 spiro atoms. The van der Waals surface area contributed by atoms with Gasteiger partial charge in [-0.15, -0.1) is 0 Å². The maximum atomic E-state index is 14.0. The Hall–Kier alpha value is -3.09. The normalized spacial score (nSPS) is 16.0. The molecule has 134 valence electrons. The van der Waals surface area contributed by atoms with Crippen LogP contribution in [0.5, 0.6) is 11.5 Å². The number of fused-ring (bicyclic) bond motifs is 1. The third kappa shape index (κ3) is 2.96. The van der Waals surface area contributed by atoms with E-state index in [9.17, 15) is 14.0 Å². The molecular weight excluding hydrogens is 339 g/mol. The summed E-state index contributed by atoms with van der Waals surface area (Å²) in [6.07, 6.45) is 1.15. The predicted molar refractivity (Wildman–Crippen MR) is 91.5 cm³/mol. The largest absolute Gasteiger partial charge is 0.454 e. The SMILES string of the molecule is O=C(CNC(=O)C1(c2ccccc2F)CC1)Nc1ccc2c(c1)OCO2. The Balaban J connectivity index is 1.36. The number of carbonyl (C=O) groups excluding carboxylic acids is 2. The minimum atomic E-state index is -0.857. The molecule has 0 saturated heterocycles. The minimum Gasteiger partial charge on any atom is -0.454 e. The zero-order valence-electron chi connectivity index (χ0n) is 13.9. The van der Waals surface area contributed by atoms with Gasteiger partial charge in [0, 0.05) is 17.3 Å². The van der Waals surface area contributed by atoms with Crippen molar-refractivity contribution in [1.82, 2.24) is 5.32 Å². The van der Waals surface area contributed by atoms with Gasteiger partial charge in [-0.25, -0.2) is 4.39 Å². The molecule has 2 aromatic carbocycles. The van der Waals surface area contributed by atoms with Crippen LogP contribution in [-0.4, -0.2) is 25.2 Å². The number of hydrogen-bond donors (Lipinski definition) is 2. The first-order valence-electron chi connectivity index (χ1n) is 8.31. The topological polar surface area (TPSA) is 76.7 Å². The van der Waals surface area contributed by atoms with Crippen molar-refractivity contribution >= 4 is 17.5 Å². The van der Waals surface area contributed by atoms with Gasteiger partial charge in [0.15, 0.2) is 11.5 Å². The zero-order valence-corrected chi connectivity index (χ0v) is 13.9. The van der Waals surface area contributed by atoms with Crippen molar-refractivity contribution in [3.05, 3.63) is 53.8 Å². The van der Waals surface area contributed by atoms with Crippen LogP contribution < -0.4 is 20.1 Å². The highest BCUT2D eigenvalue weighted by atomic mass is 19.1. The highest BCUT2D eigenvalue weighted by Crippen LogP contribution is 2.49. The molecule has 1 fully saturated rings. The van der Waals surface area contributed by atoms with Crippen molar-refractivity contribution in [3.63, 3.8) is 0 Å². The second-order valence-corrected chi connectivity index (χ2v) is 6.36. The fraction of sp³-hybridized carbons (Fsp3) is 0.263. The summed E-state index contributed by atoms with van der Waals surface area (Å²) >= 11 is 0. The van der Waals surface area contributed by atoms with E-state index in [-0.39, 0.29) is 25.2 Å². The summed E-state index contributed by atoms with van der Waals surface area (Å²) in [6.45, 7) is -0.0373. The summed E-state index contributed by atoms with van der Waals surface area (Å²) in [6, 6.07) is 11.3. The van der Waals surface area contributed by atoms with E-state index in [1.807, 2.05) is 0 Å². The van der Waals surface area contributed by atoms with Gasteiger partial charge in [-0.3, -0.25) is 9.59 Å². The Morgan fingerprint density at radius 3 is 2.62 bits per heavy atom. The first kappa shape index (κ1) is 16.4. The van der Waals surface area contributed by atoms with Gasteiger partial charge >= 0.3 is 0 Å². The summed E-state index contributed by atoms with van der Waals surface area (Å²) in [4.78, 5) is 24.6. The molecule has 1 aliphatic heterocycles. The van der Waals surface area contributed by atoms with Crippen molar-refractivity contribution in [2.75, 3.05) is 18.7 Å². The van der Waals surface area contributed by atoms with Gasteiger partial charge in [0.25, 0.3) is 0 Å². The van der Waals surface area contributed by atoms with Crippen LogP contribution in [0, 0.1) is 5.82 Å². The molecule has 0 unspecified atom stereocenters. The first-order valence-corrected chi connectivity index (χ1v) is 8.31. The van der Waals surface area contributed by atoms with E-state index in [4.69, 9.17) is 9.47 Å². The summed E-state index contributed by atoms with van der Waals surface area (Å²) < 4.78 is 24.5. The van der Waals surface area contributed by atoms with E-state index in [0.717, 1.165) is 0 Å². The average Bonchev–Trinajstić information content (AvgIpc) is 3.31. The lowest BCUT2D eigenvalue weighted by atomic mass is 9.94. The third-order valence-electron chi connectivity index (χ3n) is 4.64. The van der Waals surface area contributed by atoms with Crippen LogP contribution in [0.15, 0.2) is 42.5 Å². The molecule has 2 aliphatic rings. The minimum absolute atomic E-state index is 0.154. The Kier molecular flexibility index (Phi) is 3.99. The Morgan fingerprint density at radius 2 is 1.85 bits per heavy atom. The van der Waals surface area contributed by atoms with Gasteiger partial charge < -0.3 is 20.1 Å². The molecule has 0 bridgehead atoms. The summed E-state index contributed by atoms with van der Waals surface area (Å²) in [7, 11) is 0. The van der Waals surface area contributed by atoms with Crippen LogP contribution in [0.25, 0.3) is 0 Å². The lowest BCUT2D eigenvalue weighted by Gasteiger charge is -2.16. The molecule has 6 nitrogen and oxygen atoms in total. The van der Waals surface area contributed by atoms with Crippen molar-refractivity contribution < 1.29 is 23.5 Å². The van der Waals surface area contributed by atoms with Gasteiger partial charge in [0.2, 0.25) is 18.6 Å². The molecule has 2 aromatic rings. The summed E-state index contributed by atoms with van der Waals surface area (Å²) in [5, 5.41) is 5.30. The smallest absolute Gasteiger partial charge is 0.243 e. The molecule has 0 atom stereocenters. The predicted octanol–water partition coefficient (Wildman–Crippen LogP) is 2.34. The summed E-state index contributed by atoms with van der Waals surface area (Å²) in [5.41, 5.74) is 0.0714. The number of hydrogen-bond acceptors (Lipinski definition) is 4. The zero-order chi connectivity index (χ0) is 18.1. The molecule has 4 rings (SSSR count).